The number of anilines is 2. The third-order valence-electron chi connectivity index (χ3n) is 5.11. The Hall–Kier alpha value is -3.38. The topological polar surface area (TPSA) is 101 Å². The SMILES string of the molecule is Cn1c(Nc2nc3ccc(OC(F)(F)F)cc3s2)nc2cc(C(=O)NCC(C)(C)CO)ccc21. The number of ether oxygens (including phenoxy) is 1. The number of hydrogen-bond acceptors (Lipinski definition) is 7. The van der Waals surface area contributed by atoms with Crippen LogP contribution in [0.3, 0.4) is 0 Å². The Labute approximate surface area is 196 Å². The molecule has 4 aromatic rings. The van der Waals surface area contributed by atoms with E-state index in [2.05, 4.69) is 25.3 Å². The molecule has 8 nitrogen and oxygen atoms in total. The molecule has 0 saturated heterocycles. The van der Waals surface area contributed by atoms with Gasteiger partial charge in [-0.05, 0) is 30.3 Å². The number of aliphatic hydroxyl groups is 1. The molecule has 12 heteroatoms. The number of nitrogens with zero attached hydrogens (tertiary/aromatic N) is 3. The van der Waals surface area contributed by atoms with Crippen molar-refractivity contribution in [1.82, 2.24) is 19.9 Å². The lowest BCUT2D eigenvalue weighted by molar-refractivity contribution is -0.274. The van der Waals surface area contributed by atoms with Crippen molar-refractivity contribution in [2.45, 2.75) is 20.2 Å². The van der Waals surface area contributed by atoms with Crippen LogP contribution in [0.15, 0.2) is 36.4 Å². The first-order valence-electron chi connectivity index (χ1n) is 10.2. The molecule has 2 aromatic carbocycles. The summed E-state index contributed by atoms with van der Waals surface area (Å²) in [6, 6.07) is 9.08. The number of halogens is 3. The minimum absolute atomic E-state index is 0.0516. The molecule has 4 rings (SSSR count). The summed E-state index contributed by atoms with van der Waals surface area (Å²) in [4.78, 5) is 21.4. The molecular formula is C22H22F3N5O3S. The minimum atomic E-state index is -4.77. The summed E-state index contributed by atoms with van der Waals surface area (Å²) in [5.41, 5.74) is 1.88. The minimum Gasteiger partial charge on any atom is -0.406 e. The summed E-state index contributed by atoms with van der Waals surface area (Å²) in [6.07, 6.45) is -4.77. The van der Waals surface area contributed by atoms with Crippen molar-refractivity contribution in [3.8, 4) is 5.75 Å². The van der Waals surface area contributed by atoms with E-state index in [1.807, 2.05) is 13.8 Å². The van der Waals surface area contributed by atoms with Crippen molar-refractivity contribution < 1.29 is 27.8 Å². The lowest BCUT2D eigenvalue weighted by Gasteiger charge is -2.21. The Morgan fingerprint density at radius 3 is 2.62 bits per heavy atom. The maximum absolute atomic E-state index is 12.5. The second-order valence-electron chi connectivity index (χ2n) is 8.52. The monoisotopic (exact) mass is 493 g/mol. The van der Waals surface area contributed by atoms with Gasteiger partial charge in [-0.25, -0.2) is 9.97 Å². The Balaban J connectivity index is 1.55. The van der Waals surface area contributed by atoms with E-state index in [1.54, 1.807) is 29.8 Å². The van der Waals surface area contributed by atoms with Crippen molar-refractivity contribution in [3.63, 3.8) is 0 Å². The summed E-state index contributed by atoms with van der Waals surface area (Å²) < 4.78 is 43.7. The van der Waals surface area contributed by atoms with Crippen molar-refractivity contribution >= 4 is 49.6 Å². The quantitative estimate of drug-likeness (QED) is 0.349. The van der Waals surface area contributed by atoms with Crippen LogP contribution >= 0.6 is 11.3 Å². The largest absolute Gasteiger partial charge is 0.573 e. The van der Waals surface area contributed by atoms with Crippen LogP contribution in [0.2, 0.25) is 0 Å². The molecule has 34 heavy (non-hydrogen) atoms. The van der Waals surface area contributed by atoms with Gasteiger partial charge < -0.3 is 25.0 Å². The molecule has 0 aliphatic rings. The maximum atomic E-state index is 12.5. The highest BCUT2D eigenvalue weighted by Crippen LogP contribution is 2.33. The number of amides is 1. The molecule has 0 aliphatic carbocycles. The van der Waals surface area contributed by atoms with E-state index in [1.165, 1.54) is 18.2 Å². The molecule has 0 spiro atoms. The fourth-order valence-electron chi connectivity index (χ4n) is 3.18. The molecule has 0 bridgehead atoms. The molecule has 0 fully saturated rings. The molecule has 3 N–H and O–H groups in total. The standard InChI is InChI=1S/C22H22F3N5O3S/c1-21(2,11-31)10-26-18(32)12-4-7-16-15(8-12)27-19(30(16)3)29-20-28-14-6-5-13(9-17(14)34-20)33-22(23,24)25/h4-9,31H,10-11H2,1-3H3,(H,26,32)(H,27,28,29). The van der Waals surface area contributed by atoms with Gasteiger partial charge in [0, 0.05) is 37.2 Å². The summed E-state index contributed by atoms with van der Waals surface area (Å²) in [7, 11) is 1.80. The van der Waals surface area contributed by atoms with E-state index in [0.717, 1.165) is 16.9 Å². The van der Waals surface area contributed by atoms with E-state index in [0.29, 0.717) is 38.9 Å². The van der Waals surface area contributed by atoms with Crippen LogP contribution in [0.5, 0.6) is 5.75 Å². The number of fused-ring (bicyclic) bond motifs is 2. The van der Waals surface area contributed by atoms with Gasteiger partial charge in [-0.15, -0.1) is 13.2 Å². The third-order valence-corrected chi connectivity index (χ3v) is 6.04. The zero-order chi connectivity index (χ0) is 24.7. The number of rotatable bonds is 7. The molecule has 2 heterocycles. The average molecular weight is 494 g/mol. The molecule has 2 aromatic heterocycles. The van der Waals surface area contributed by atoms with Crippen LogP contribution < -0.4 is 15.4 Å². The van der Waals surface area contributed by atoms with Crippen LogP contribution in [-0.4, -0.2) is 45.1 Å². The van der Waals surface area contributed by atoms with Gasteiger partial charge in [0.2, 0.25) is 5.95 Å². The van der Waals surface area contributed by atoms with Crippen molar-refractivity contribution in [1.29, 1.82) is 0 Å². The highest BCUT2D eigenvalue weighted by atomic mass is 32.1. The van der Waals surface area contributed by atoms with E-state index < -0.39 is 11.8 Å². The lowest BCUT2D eigenvalue weighted by atomic mass is 9.95. The number of carbonyl (C=O) groups is 1. The number of benzene rings is 2. The van der Waals surface area contributed by atoms with Gasteiger partial charge in [0.1, 0.15) is 5.75 Å². The highest BCUT2D eigenvalue weighted by molar-refractivity contribution is 7.22. The van der Waals surface area contributed by atoms with E-state index >= 15 is 0 Å². The fraction of sp³-hybridized carbons (Fsp3) is 0.318. The van der Waals surface area contributed by atoms with Crippen LogP contribution in [0.1, 0.15) is 24.2 Å². The van der Waals surface area contributed by atoms with Gasteiger partial charge in [-0.3, -0.25) is 4.79 Å². The Bertz CT molecular complexity index is 1360. The predicted molar refractivity (Wildman–Crippen MR) is 123 cm³/mol. The molecule has 0 unspecified atom stereocenters. The number of imidazole rings is 1. The Morgan fingerprint density at radius 1 is 1.15 bits per heavy atom. The van der Waals surface area contributed by atoms with Gasteiger partial charge in [0.15, 0.2) is 5.13 Å². The molecule has 0 saturated carbocycles. The number of nitrogens with one attached hydrogen (secondary N) is 2. The Kier molecular flexibility index (Phi) is 6.13. The van der Waals surface area contributed by atoms with E-state index in [9.17, 15) is 23.1 Å². The second kappa shape index (κ2) is 8.76. The van der Waals surface area contributed by atoms with Crippen LogP contribution in [0, 0.1) is 5.41 Å². The van der Waals surface area contributed by atoms with Gasteiger partial charge in [-0.2, -0.15) is 0 Å². The van der Waals surface area contributed by atoms with Crippen molar-refractivity contribution in [2.75, 3.05) is 18.5 Å². The van der Waals surface area contributed by atoms with Gasteiger partial charge in [-0.1, -0.05) is 25.2 Å². The predicted octanol–water partition coefficient (Wildman–Crippen LogP) is 4.57. The zero-order valence-electron chi connectivity index (χ0n) is 18.5. The number of alkyl halides is 3. The number of hydrogen-bond donors (Lipinski definition) is 3. The van der Waals surface area contributed by atoms with Crippen LogP contribution in [0.25, 0.3) is 21.3 Å². The van der Waals surface area contributed by atoms with Gasteiger partial charge in [0.25, 0.3) is 5.91 Å². The molecule has 0 radical (unpaired) electrons. The summed E-state index contributed by atoms with van der Waals surface area (Å²) in [5, 5.41) is 15.7. The highest BCUT2D eigenvalue weighted by Gasteiger charge is 2.31. The van der Waals surface area contributed by atoms with E-state index in [4.69, 9.17) is 0 Å². The number of aryl methyl sites for hydroxylation is 1. The number of aliphatic hydroxyl groups excluding tert-OH is 1. The second-order valence-corrected chi connectivity index (χ2v) is 9.55. The van der Waals surface area contributed by atoms with Crippen molar-refractivity contribution in [2.24, 2.45) is 12.5 Å². The zero-order valence-corrected chi connectivity index (χ0v) is 19.3. The van der Waals surface area contributed by atoms with Crippen LogP contribution in [-0.2, 0) is 7.05 Å². The molecule has 0 aliphatic heterocycles. The van der Waals surface area contributed by atoms with Crippen LogP contribution in [0.4, 0.5) is 24.3 Å². The van der Waals surface area contributed by atoms with Gasteiger partial charge in [0.05, 0.1) is 21.3 Å². The lowest BCUT2D eigenvalue weighted by Crippen LogP contribution is -2.36. The molecular weight excluding hydrogens is 471 g/mol. The number of thiazole rings is 1. The summed E-state index contributed by atoms with van der Waals surface area (Å²) >= 11 is 1.16. The smallest absolute Gasteiger partial charge is 0.406 e. The third kappa shape index (κ3) is 5.23. The molecule has 180 valence electrons. The summed E-state index contributed by atoms with van der Waals surface area (Å²) in [6.45, 7) is 3.96. The first kappa shape index (κ1) is 23.8. The van der Waals surface area contributed by atoms with Gasteiger partial charge >= 0.3 is 6.36 Å². The van der Waals surface area contributed by atoms with E-state index in [-0.39, 0.29) is 18.3 Å². The molecule has 1 amide bonds. The normalized spacial score (nSPS) is 12.3. The number of aromatic nitrogens is 3. The Morgan fingerprint density at radius 2 is 1.91 bits per heavy atom. The summed E-state index contributed by atoms with van der Waals surface area (Å²) in [5.74, 6) is -0.127. The van der Waals surface area contributed by atoms with Crippen molar-refractivity contribution in [3.05, 3.63) is 42.0 Å². The number of carbonyl (C=O) groups excluding carboxylic acids is 1. The first-order chi connectivity index (χ1) is 15.9. The molecule has 0 atom stereocenters. The maximum Gasteiger partial charge on any atom is 0.573 e. The first-order valence-corrected chi connectivity index (χ1v) is 11.0. The average Bonchev–Trinajstić information content (AvgIpc) is 3.30. The fourth-order valence-corrected chi connectivity index (χ4v) is 4.07.